The Hall–Kier alpha value is -7.30. The van der Waals surface area contributed by atoms with Gasteiger partial charge in [0.05, 0.1) is 0 Å². The number of carboxylic acid groups (broad SMARTS) is 8. The van der Waals surface area contributed by atoms with Crippen LogP contribution in [0.4, 0.5) is 9.59 Å². The zero-order chi connectivity index (χ0) is 61.7. The Morgan fingerprint density at radius 3 is 0.902 bits per heavy atom. The maximum absolute atomic E-state index is 11.0. The van der Waals surface area contributed by atoms with Crippen molar-refractivity contribution in [3.8, 4) is 0 Å². The first-order valence-electron chi connectivity index (χ1n) is 24.5. The van der Waals surface area contributed by atoms with Crippen molar-refractivity contribution in [2.45, 2.75) is 115 Å². The van der Waals surface area contributed by atoms with Crippen LogP contribution in [0.15, 0.2) is 24.3 Å². The number of carboxylic acids is 6. The molecule has 4 atom stereocenters. The smallest absolute Gasteiger partial charge is 0.677 e. The van der Waals surface area contributed by atoms with Crippen LogP contribution < -0.4 is 10.6 Å². The van der Waals surface area contributed by atoms with Crippen molar-refractivity contribution >= 4 is 95.3 Å². The zero-order valence-corrected chi connectivity index (χ0v) is 48.7. The summed E-state index contributed by atoms with van der Waals surface area (Å²) in [6.07, 6.45) is 13.6. The predicted octanol–water partition coefficient (Wildman–Crippen LogP) is 1.53. The summed E-state index contributed by atoms with van der Waals surface area (Å²) in [5.74, 6) is -10.6. The van der Waals surface area contributed by atoms with Crippen molar-refractivity contribution in [1.29, 1.82) is 0 Å². The maximum Gasteiger partial charge on any atom is 2.00 e. The normalized spacial score (nSPS) is 19.0. The van der Waals surface area contributed by atoms with Crippen molar-refractivity contribution in [2.24, 2.45) is 11.8 Å². The van der Waals surface area contributed by atoms with Crippen molar-refractivity contribution in [3.05, 3.63) is 49.6 Å². The average molecular weight is 1530 g/mol. The number of carbonyl (C=O) groups excluding carboxylic acids is 8. The molecule has 6 aliphatic rings. The van der Waals surface area contributed by atoms with E-state index in [0.717, 1.165) is 44.6 Å². The van der Waals surface area contributed by atoms with E-state index in [1.54, 1.807) is 0 Å². The van der Waals surface area contributed by atoms with Gasteiger partial charge in [0.1, 0.15) is 0 Å². The number of hydrogen-bond acceptors (Lipinski definition) is 16. The number of amides is 10. The van der Waals surface area contributed by atoms with E-state index in [2.05, 4.69) is 24.5 Å². The Labute approximate surface area is 498 Å². The summed E-state index contributed by atoms with van der Waals surface area (Å²) in [4.78, 5) is 169. The monoisotopic (exact) mass is 1530 g/mol. The quantitative estimate of drug-likeness (QED) is 0.0669. The summed E-state index contributed by atoms with van der Waals surface area (Å²) in [6.45, 7) is 8.54. The first-order chi connectivity index (χ1) is 37.3. The van der Waals surface area contributed by atoms with Gasteiger partial charge in [0.2, 0.25) is 23.6 Å². The number of nitrogens with zero attached hydrogens (tertiary/aromatic N) is 4. The minimum absolute atomic E-state index is 0. The number of imide groups is 4. The Morgan fingerprint density at radius 2 is 0.671 bits per heavy atom. The fraction of sp³-hybridized carbons (Fsp3) is 0.542. The van der Waals surface area contributed by atoms with Crippen molar-refractivity contribution in [3.63, 3.8) is 0 Å². The van der Waals surface area contributed by atoms with Gasteiger partial charge in [-0.1, -0.05) is 51.4 Å². The van der Waals surface area contributed by atoms with Gasteiger partial charge in [-0.15, -0.1) is 0 Å². The molecule has 464 valence electrons. The molecule has 10 amide bonds. The van der Waals surface area contributed by atoms with Crippen molar-refractivity contribution < 1.29 is 160 Å². The first-order valence-corrected chi connectivity index (χ1v) is 24.5. The van der Waals surface area contributed by atoms with Crippen LogP contribution in [0.2, 0.25) is 0 Å². The summed E-state index contributed by atoms with van der Waals surface area (Å²) >= 11 is 0. The minimum atomic E-state index is -1.82. The second kappa shape index (κ2) is 45.3. The van der Waals surface area contributed by atoms with Crippen molar-refractivity contribution in [1.82, 2.24) is 30.2 Å². The predicted molar refractivity (Wildman–Crippen MR) is 271 cm³/mol. The van der Waals surface area contributed by atoms with Crippen LogP contribution in [-0.2, 0) is 109 Å². The number of rotatable bonds is 14. The van der Waals surface area contributed by atoms with E-state index in [-0.39, 0.29) is 167 Å². The van der Waals surface area contributed by atoms with Crippen LogP contribution in [0.3, 0.4) is 0 Å². The molecule has 0 spiro atoms. The van der Waals surface area contributed by atoms with Crippen LogP contribution in [0.1, 0.15) is 103 Å². The topological polar surface area (TPSA) is 520 Å². The van der Waals surface area contributed by atoms with E-state index in [9.17, 15) is 57.5 Å². The third kappa shape index (κ3) is 38.4. The Kier molecular flexibility index (Phi) is 44.9. The molecule has 82 heavy (non-hydrogen) atoms. The van der Waals surface area contributed by atoms with Crippen LogP contribution in [0.5, 0.6) is 0 Å². The summed E-state index contributed by atoms with van der Waals surface area (Å²) < 4.78 is 0. The maximum atomic E-state index is 11.0. The molecule has 0 unspecified atom stereocenters. The molecule has 2 saturated heterocycles. The zero-order valence-electron chi connectivity index (χ0n) is 44.1. The molecule has 2 aliphatic carbocycles. The molecule has 4 aliphatic heterocycles. The molecule has 2 saturated carbocycles. The largest absolute Gasteiger partial charge is 2.00 e. The molecule has 4 fully saturated rings. The molecule has 6 rings (SSSR count). The van der Waals surface area contributed by atoms with Gasteiger partial charge in [-0.25, -0.2) is 28.8 Å². The van der Waals surface area contributed by atoms with E-state index >= 15 is 0 Å². The van der Waals surface area contributed by atoms with Crippen molar-refractivity contribution in [2.75, 3.05) is 39.3 Å². The SMILES string of the molecule is O=C(O)C(=O)O.O=C(O)C(=O)O.O=C(O)CCCN1C(=O)C=CC1=O.O=C(O)CCCN1C(=O)CCC1=O.O=C(O)NCCN1C(=O)C=CC1=O.O=C(O)NCCN1C(=O)CCC1=O.[CH2-][C@@H]1CCCC[C@H]1[NH-].[CH2-][C@@H]1CCCC[C@H]1[NH-].[Pt+2].[Pt+2]. The number of nitrogens with one attached hydrogen (secondary N) is 4. The summed E-state index contributed by atoms with van der Waals surface area (Å²) in [5.41, 5.74) is 14.8. The summed E-state index contributed by atoms with van der Waals surface area (Å²) in [6, 6.07) is 0.285. The van der Waals surface area contributed by atoms with Crippen LogP contribution in [-0.4, -0.2) is 207 Å². The second-order valence-corrected chi connectivity index (χ2v) is 17.2. The molecule has 0 bridgehead atoms. The van der Waals surface area contributed by atoms with Gasteiger partial charge in [-0.2, -0.15) is 23.9 Å². The van der Waals surface area contributed by atoms with Gasteiger partial charge in [0, 0.05) is 102 Å². The summed E-state index contributed by atoms with van der Waals surface area (Å²) in [7, 11) is 0. The Balaban J connectivity index is -0.000000430. The number of carbonyl (C=O) groups is 16. The van der Waals surface area contributed by atoms with Crippen LogP contribution >= 0.6 is 0 Å². The fourth-order valence-corrected chi connectivity index (χ4v) is 6.79. The van der Waals surface area contributed by atoms with E-state index in [1.165, 1.54) is 50.7 Å². The average Bonchev–Trinajstić information content (AvgIpc) is 4.09. The van der Waals surface area contributed by atoms with E-state index in [1.807, 2.05) is 0 Å². The van der Waals surface area contributed by atoms with Gasteiger partial charge in [0.25, 0.3) is 23.6 Å². The molecule has 0 radical (unpaired) electrons. The summed E-state index contributed by atoms with van der Waals surface area (Å²) in [5, 5.41) is 66.8. The van der Waals surface area contributed by atoms with E-state index in [4.69, 9.17) is 71.5 Å². The standard InChI is InChI=1S/C8H11NO4.C8H9NO4.C7H10N2O4.C7H8N2O4.2C7H13N.2C2H2O4.2Pt/c2*10-6-3-4-7(11)9(6)5-1-2-8(12)13;2*10-5-1-2-6(11)9(5)4-3-8-7(12)13;2*1-6-4-2-3-5-7(6)8;2*3-1(4)2(5)6;;/h1-5H2,(H,12,13);3-4H,1-2,5H2,(H,12,13);8H,1-4H2,(H,12,13);1-2,8H,3-4H2,(H,12,13);2*6-8H,1-5H2;2*(H,3,4)(H,5,6);;/q;;;;2*-2;;;2*+2/t;;;;2*6-,7-;;;;/m....11..../s1. The van der Waals surface area contributed by atoms with Gasteiger partial charge >= 0.3 is 90.1 Å². The number of hydrogen-bond donors (Lipinski definition) is 10. The molecule has 12 N–H and O–H groups in total. The van der Waals surface area contributed by atoms with Gasteiger partial charge < -0.3 is 76.8 Å². The van der Waals surface area contributed by atoms with E-state index in [0.29, 0.717) is 24.7 Å². The van der Waals surface area contributed by atoms with Gasteiger partial charge in [-0.05, 0) is 12.8 Å². The first kappa shape index (κ1) is 81.2. The molecule has 0 aromatic heterocycles. The van der Waals surface area contributed by atoms with Crippen LogP contribution in [0, 0.1) is 25.7 Å². The Morgan fingerprint density at radius 1 is 0.427 bits per heavy atom. The molecule has 0 aromatic carbocycles. The van der Waals surface area contributed by atoms with Gasteiger partial charge in [0.15, 0.2) is 0 Å². The number of aliphatic carboxylic acids is 6. The molecular formula is C48H68N8O24Pt2. The second-order valence-electron chi connectivity index (χ2n) is 17.2. The number of likely N-dealkylation sites (tertiary alicyclic amines) is 2. The third-order valence-electron chi connectivity index (χ3n) is 11.1. The van der Waals surface area contributed by atoms with Crippen LogP contribution in [0.25, 0.3) is 11.5 Å². The fourth-order valence-electron chi connectivity index (χ4n) is 6.79. The molecular weight excluding hydrogens is 1460 g/mol. The van der Waals surface area contributed by atoms with E-state index < -0.39 is 59.8 Å². The molecule has 0 aromatic rings. The Bertz CT molecular complexity index is 1980. The van der Waals surface area contributed by atoms with Gasteiger partial charge in [-0.3, -0.25) is 67.5 Å². The molecule has 32 nitrogen and oxygen atoms in total. The molecule has 4 heterocycles. The third-order valence-corrected chi connectivity index (χ3v) is 11.1. The molecule has 34 heteroatoms. The minimum Gasteiger partial charge on any atom is -0.677 e.